The van der Waals surface area contributed by atoms with Crippen molar-refractivity contribution in [3.05, 3.63) is 35.9 Å². The molecule has 0 fully saturated rings. The SMILES string of the molecule is CCOC(=O)CCN(C(=O)CC(=O)O)C(C)c1ccccc1. The van der Waals surface area contributed by atoms with E-state index in [1.807, 2.05) is 30.3 Å². The monoisotopic (exact) mass is 307 g/mol. The lowest BCUT2D eigenvalue weighted by atomic mass is 10.1. The number of aliphatic carboxylic acids is 1. The minimum atomic E-state index is -1.19. The number of carbonyl (C=O) groups is 3. The average molecular weight is 307 g/mol. The number of amides is 1. The summed E-state index contributed by atoms with van der Waals surface area (Å²) in [6, 6.07) is 8.95. The number of benzene rings is 1. The van der Waals surface area contributed by atoms with Crippen molar-refractivity contribution in [2.45, 2.75) is 32.7 Å². The van der Waals surface area contributed by atoms with Crippen LogP contribution in [0.4, 0.5) is 0 Å². The maximum Gasteiger partial charge on any atom is 0.312 e. The number of carboxylic acids is 1. The Morgan fingerprint density at radius 1 is 1.23 bits per heavy atom. The third kappa shape index (κ3) is 5.55. The zero-order chi connectivity index (χ0) is 16.5. The second-order valence-electron chi connectivity index (χ2n) is 4.80. The number of hydrogen-bond donors (Lipinski definition) is 1. The molecular formula is C16H21NO5. The highest BCUT2D eigenvalue weighted by atomic mass is 16.5. The van der Waals surface area contributed by atoms with Crippen LogP contribution >= 0.6 is 0 Å². The van der Waals surface area contributed by atoms with Gasteiger partial charge in [0, 0.05) is 6.54 Å². The van der Waals surface area contributed by atoms with Crippen molar-refractivity contribution in [2.24, 2.45) is 0 Å². The standard InChI is InChI=1S/C16H21NO5/c1-3-22-16(21)9-10-17(14(18)11-15(19)20)12(2)13-7-5-4-6-8-13/h4-8,12H,3,9-11H2,1-2H3,(H,19,20). The van der Waals surface area contributed by atoms with Crippen LogP contribution in [0.1, 0.15) is 38.3 Å². The molecular weight excluding hydrogens is 286 g/mol. The predicted molar refractivity (Wildman–Crippen MR) is 80.1 cm³/mol. The van der Waals surface area contributed by atoms with Crippen molar-refractivity contribution in [3.63, 3.8) is 0 Å². The zero-order valence-electron chi connectivity index (χ0n) is 12.8. The summed E-state index contributed by atoms with van der Waals surface area (Å²) in [5.41, 5.74) is 0.880. The third-order valence-electron chi connectivity index (χ3n) is 3.23. The number of nitrogens with zero attached hydrogens (tertiary/aromatic N) is 1. The van der Waals surface area contributed by atoms with Gasteiger partial charge in [0.25, 0.3) is 0 Å². The van der Waals surface area contributed by atoms with Gasteiger partial charge in [-0.3, -0.25) is 14.4 Å². The maximum atomic E-state index is 12.1. The Labute approximate surface area is 129 Å². The first kappa shape index (κ1) is 17.7. The minimum Gasteiger partial charge on any atom is -0.481 e. The van der Waals surface area contributed by atoms with Crippen LogP contribution in [0.2, 0.25) is 0 Å². The van der Waals surface area contributed by atoms with Gasteiger partial charge < -0.3 is 14.7 Å². The third-order valence-corrected chi connectivity index (χ3v) is 3.23. The van der Waals surface area contributed by atoms with Crippen LogP contribution in [0.5, 0.6) is 0 Å². The smallest absolute Gasteiger partial charge is 0.312 e. The molecule has 1 amide bonds. The second-order valence-corrected chi connectivity index (χ2v) is 4.80. The molecule has 0 spiro atoms. The fourth-order valence-electron chi connectivity index (χ4n) is 2.12. The van der Waals surface area contributed by atoms with Gasteiger partial charge in [0.15, 0.2) is 0 Å². The first-order valence-corrected chi connectivity index (χ1v) is 7.17. The Morgan fingerprint density at radius 3 is 2.41 bits per heavy atom. The number of hydrogen-bond acceptors (Lipinski definition) is 4. The van der Waals surface area contributed by atoms with Crippen LogP contribution in [0.25, 0.3) is 0 Å². The fourth-order valence-corrected chi connectivity index (χ4v) is 2.12. The van der Waals surface area contributed by atoms with E-state index in [1.54, 1.807) is 13.8 Å². The summed E-state index contributed by atoms with van der Waals surface area (Å²) in [5.74, 6) is -2.12. The molecule has 0 heterocycles. The summed E-state index contributed by atoms with van der Waals surface area (Å²) < 4.78 is 4.85. The number of esters is 1. The predicted octanol–water partition coefficient (Wildman–Crippen LogP) is 2.00. The van der Waals surface area contributed by atoms with Gasteiger partial charge in [-0.15, -0.1) is 0 Å². The van der Waals surface area contributed by atoms with Gasteiger partial charge in [0.2, 0.25) is 5.91 Å². The van der Waals surface area contributed by atoms with E-state index >= 15 is 0 Å². The highest BCUT2D eigenvalue weighted by Gasteiger charge is 2.24. The van der Waals surface area contributed by atoms with Crippen molar-refractivity contribution in [1.82, 2.24) is 4.90 Å². The molecule has 1 aromatic carbocycles. The number of ether oxygens (including phenoxy) is 1. The van der Waals surface area contributed by atoms with Crippen molar-refractivity contribution in [1.29, 1.82) is 0 Å². The number of carboxylic acid groups (broad SMARTS) is 1. The molecule has 0 aliphatic heterocycles. The Kier molecular flexibility index (Phi) is 7.08. The summed E-state index contributed by atoms with van der Waals surface area (Å²) in [7, 11) is 0. The molecule has 1 unspecified atom stereocenters. The van der Waals surface area contributed by atoms with Gasteiger partial charge in [-0.1, -0.05) is 30.3 Å². The van der Waals surface area contributed by atoms with Crippen LogP contribution in [0.3, 0.4) is 0 Å². The molecule has 22 heavy (non-hydrogen) atoms. The molecule has 1 aromatic rings. The molecule has 1 rings (SSSR count). The van der Waals surface area contributed by atoms with Crippen molar-refractivity contribution >= 4 is 17.8 Å². The van der Waals surface area contributed by atoms with Crippen molar-refractivity contribution in [3.8, 4) is 0 Å². The topological polar surface area (TPSA) is 83.9 Å². The Balaban J connectivity index is 2.83. The molecule has 6 nitrogen and oxygen atoms in total. The number of rotatable bonds is 8. The molecule has 0 aromatic heterocycles. The minimum absolute atomic E-state index is 0.0381. The molecule has 120 valence electrons. The summed E-state index contributed by atoms with van der Waals surface area (Å²) in [6.07, 6.45) is -0.559. The quantitative estimate of drug-likeness (QED) is 0.586. The Hall–Kier alpha value is -2.37. The molecule has 1 atom stereocenters. The maximum absolute atomic E-state index is 12.1. The molecule has 0 aliphatic carbocycles. The zero-order valence-corrected chi connectivity index (χ0v) is 12.8. The molecule has 0 saturated carbocycles. The first-order valence-electron chi connectivity index (χ1n) is 7.17. The van der Waals surface area contributed by atoms with E-state index in [4.69, 9.17) is 9.84 Å². The van der Waals surface area contributed by atoms with Crippen LogP contribution in [-0.2, 0) is 19.1 Å². The normalized spacial score (nSPS) is 11.5. The lowest BCUT2D eigenvalue weighted by Crippen LogP contribution is -2.36. The van der Waals surface area contributed by atoms with Crippen molar-refractivity contribution < 1.29 is 24.2 Å². The second kappa shape index (κ2) is 8.81. The summed E-state index contributed by atoms with van der Waals surface area (Å²) >= 11 is 0. The molecule has 0 radical (unpaired) electrons. The van der Waals surface area contributed by atoms with E-state index < -0.39 is 24.3 Å². The molecule has 6 heteroatoms. The Bertz CT molecular complexity index is 515. The summed E-state index contributed by atoms with van der Waals surface area (Å²) in [4.78, 5) is 35.8. The van der Waals surface area contributed by atoms with Crippen molar-refractivity contribution in [2.75, 3.05) is 13.2 Å². The van der Waals surface area contributed by atoms with Crippen LogP contribution in [0, 0.1) is 0 Å². The lowest BCUT2D eigenvalue weighted by molar-refractivity contribution is -0.146. The van der Waals surface area contributed by atoms with E-state index in [9.17, 15) is 14.4 Å². The lowest BCUT2D eigenvalue weighted by Gasteiger charge is -2.29. The molecule has 1 N–H and O–H groups in total. The van der Waals surface area contributed by atoms with Gasteiger partial charge in [0.05, 0.1) is 19.1 Å². The highest BCUT2D eigenvalue weighted by molar-refractivity contribution is 5.93. The number of carbonyl (C=O) groups excluding carboxylic acids is 2. The van der Waals surface area contributed by atoms with Crippen LogP contribution in [-0.4, -0.2) is 41.0 Å². The Morgan fingerprint density at radius 2 is 1.86 bits per heavy atom. The van der Waals surface area contributed by atoms with E-state index in [-0.39, 0.29) is 25.6 Å². The molecule has 0 bridgehead atoms. The van der Waals surface area contributed by atoms with E-state index in [0.717, 1.165) is 5.56 Å². The first-order chi connectivity index (χ1) is 10.5. The van der Waals surface area contributed by atoms with Crippen LogP contribution < -0.4 is 0 Å². The fraction of sp³-hybridized carbons (Fsp3) is 0.438. The summed E-state index contributed by atoms with van der Waals surface area (Å²) in [6.45, 7) is 3.91. The van der Waals surface area contributed by atoms with Gasteiger partial charge in [0.1, 0.15) is 6.42 Å². The van der Waals surface area contributed by atoms with E-state index in [2.05, 4.69) is 0 Å². The van der Waals surface area contributed by atoms with E-state index in [1.165, 1.54) is 4.90 Å². The van der Waals surface area contributed by atoms with E-state index in [0.29, 0.717) is 0 Å². The molecule has 0 aliphatic rings. The molecule has 0 saturated heterocycles. The largest absolute Gasteiger partial charge is 0.481 e. The van der Waals surface area contributed by atoms with Gasteiger partial charge in [-0.05, 0) is 19.4 Å². The van der Waals surface area contributed by atoms with Gasteiger partial charge in [-0.25, -0.2) is 0 Å². The highest BCUT2D eigenvalue weighted by Crippen LogP contribution is 2.21. The van der Waals surface area contributed by atoms with Gasteiger partial charge >= 0.3 is 11.9 Å². The summed E-state index contributed by atoms with van der Waals surface area (Å²) in [5, 5.41) is 8.81. The van der Waals surface area contributed by atoms with Gasteiger partial charge in [-0.2, -0.15) is 0 Å². The van der Waals surface area contributed by atoms with Crippen LogP contribution in [0.15, 0.2) is 30.3 Å². The average Bonchev–Trinajstić information content (AvgIpc) is 2.47.